The summed E-state index contributed by atoms with van der Waals surface area (Å²) in [6, 6.07) is 4.67. The molecular formula is C14H21N3OS. The van der Waals surface area contributed by atoms with Crippen molar-refractivity contribution in [3.63, 3.8) is 0 Å². The Kier molecular flexibility index (Phi) is 3.60. The zero-order valence-electron chi connectivity index (χ0n) is 11.1. The summed E-state index contributed by atoms with van der Waals surface area (Å²) >= 11 is 1.72. The van der Waals surface area contributed by atoms with E-state index in [0.29, 0.717) is 6.04 Å². The van der Waals surface area contributed by atoms with Gasteiger partial charge in [-0.2, -0.15) is 0 Å². The Hall–Kier alpha value is -0.910. The first-order valence-corrected chi connectivity index (χ1v) is 7.89. The second-order valence-electron chi connectivity index (χ2n) is 5.67. The van der Waals surface area contributed by atoms with Gasteiger partial charge in [0.15, 0.2) is 0 Å². The SMILES string of the molecule is NC(=O)C1(NCc2cccs2)CCN2CCCC2C1. The summed E-state index contributed by atoms with van der Waals surface area (Å²) in [6.07, 6.45) is 4.16. The molecule has 2 saturated heterocycles. The number of nitrogens with one attached hydrogen (secondary N) is 1. The smallest absolute Gasteiger partial charge is 0.237 e. The molecule has 3 N–H and O–H groups in total. The number of carbonyl (C=O) groups excluding carboxylic acids is 1. The lowest BCUT2D eigenvalue weighted by Crippen LogP contribution is -2.62. The summed E-state index contributed by atoms with van der Waals surface area (Å²) in [4.78, 5) is 15.7. The first-order valence-electron chi connectivity index (χ1n) is 7.01. The number of hydrogen-bond donors (Lipinski definition) is 2. The van der Waals surface area contributed by atoms with Gasteiger partial charge < -0.3 is 10.6 Å². The molecular weight excluding hydrogens is 258 g/mol. The molecule has 0 saturated carbocycles. The number of carbonyl (C=O) groups is 1. The van der Waals surface area contributed by atoms with E-state index in [9.17, 15) is 4.79 Å². The number of thiophene rings is 1. The fourth-order valence-corrected chi connectivity index (χ4v) is 4.04. The van der Waals surface area contributed by atoms with Crippen LogP contribution in [0.3, 0.4) is 0 Å². The lowest BCUT2D eigenvalue weighted by Gasteiger charge is -2.42. The molecule has 3 heterocycles. The fourth-order valence-electron chi connectivity index (χ4n) is 3.40. The van der Waals surface area contributed by atoms with Crippen molar-refractivity contribution in [2.75, 3.05) is 13.1 Å². The first kappa shape index (κ1) is 13.1. The molecule has 0 aromatic carbocycles. The van der Waals surface area contributed by atoms with E-state index >= 15 is 0 Å². The predicted octanol–water partition coefficient (Wildman–Crippen LogP) is 1.32. The summed E-state index contributed by atoms with van der Waals surface area (Å²) in [5, 5.41) is 5.52. The third kappa shape index (κ3) is 2.55. The maximum Gasteiger partial charge on any atom is 0.237 e. The number of fused-ring (bicyclic) bond motifs is 1. The molecule has 4 nitrogen and oxygen atoms in total. The molecule has 1 aromatic rings. The van der Waals surface area contributed by atoms with Crippen LogP contribution in [-0.2, 0) is 11.3 Å². The number of rotatable bonds is 4. The van der Waals surface area contributed by atoms with Crippen LogP contribution in [0.4, 0.5) is 0 Å². The Bertz CT molecular complexity index is 448. The molecule has 2 fully saturated rings. The van der Waals surface area contributed by atoms with Gasteiger partial charge in [0.05, 0.1) is 0 Å². The predicted molar refractivity (Wildman–Crippen MR) is 76.9 cm³/mol. The van der Waals surface area contributed by atoms with Crippen LogP contribution >= 0.6 is 11.3 Å². The number of hydrogen-bond acceptors (Lipinski definition) is 4. The topological polar surface area (TPSA) is 58.4 Å². The highest BCUT2D eigenvalue weighted by atomic mass is 32.1. The number of nitrogens with two attached hydrogens (primary N) is 1. The molecule has 2 atom stereocenters. The maximum absolute atomic E-state index is 12.0. The molecule has 1 aromatic heterocycles. The van der Waals surface area contributed by atoms with E-state index in [4.69, 9.17) is 5.73 Å². The molecule has 2 aliphatic rings. The van der Waals surface area contributed by atoms with Gasteiger partial charge in [-0.1, -0.05) is 6.07 Å². The maximum atomic E-state index is 12.0. The minimum atomic E-state index is -0.504. The highest BCUT2D eigenvalue weighted by Crippen LogP contribution is 2.33. The first-order chi connectivity index (χ1) is 9.20. The van der Waals surface area contributed by atoms with Crippen molar-refractivity contribution in [2.45, 2.75) is 43.8 Å². The third-order valence-corrected chi connectivity index (χ3v) is 5.44. The van der Waals surface area contributed by atoms with Crippen LogP contribution in [0, 0.1) is 0 Å². The molecule has 3 rings (SSSR count). The normalized spacial score (nSPS) is 31.3. The molecule has 0 bridgehead atoms. The quantitative estimate of drug-likeness (QED) is 0.874. The highest BCUT2D eigenvalue weighted by molar-refractivity contribution is 7.09. The van der Waals surface area contributed by atoms with Crippen LogP contribution in [0.1, 0.15) is 30.6 Å². The van der Waals surface area contributed by atoms with Gasteiger partial charge in [0.2, 0.25) is 5.91 Å². The van der Waals surface area contributed by atoms with Crippen molar-refractivity contribution in [2.24, 2.45) is 5.73 Å². The van der Waals surface area contributed by atoms with Gasteiger partial charge >= 0.3 is 0 Å². The molecule has 0 spiro atoms. The molecule has 0 aliphatic carbocycles. The molecule has 1 amide bonds. The standard InChI is InChI=1S/C14H21N3OS/c15-13(18)14(16-10-12-4-2-8-19-12)5-7-17-6-1-3-11(17)9-14/h2,4,8,11,16H,1,3,5-7,9-10H2,(H2,15,18). The summed E-state index contributed by atoms with van der Waals surface area (Å²) in [6.45, 7) is 2.92. The third-order valence-electron chi connectivity index (χ3n) is 4.56. The zero-order chi connectivity index (χ0) is 13.3. The van der Waals surface area contributed by atoms with Crippen molar-refractivity contribution < 1.29 is 4.79 Å². The fraction of sp³-hybridized carbons (Fsp3) is 0.643. The van der Waals surface area contributed by atoms with Gasteiger partial charge in [0.1, 0.15) is 5.54 Å². The van der Waals surface area contributed by atoms with Crippen LogP contribution in [-0.4, -0.2) is 35.5 Å². The van der Waals surface area contributed by atoms with Crippen LogP contribution in [0.2, 0.25) is 0 Å². The van der Waals surface area contributed by atoms with E-state index in [0.717, 1.165) is 25.9 Å². The summed E-state index contributed by atoms with van der Waals surface area (Å²) in [5.41, 5.74) is 5.20. The Morgan fingerprint density at radius 2 is 2.47 bits per heavy atom. The van der Waals surface area contributed by atoms with E-state index in [1.54, 1.807) is 11.3 Å². The van der Waals surface area contributed by atoms with Crippen molar-refractivity contribution >= 4 is 17.2 Å². The Balaban J connectivity index is 1.70. The second-order valence-corrected chi connectivity index (χ2v) is 6.70. The average Bonchev–Trinajstić information content (AvgIpc) is 3.06. The van der Waals surface area contributed by atoms with Crippen molar-refractivity contribution in [3.8, 4) is 0 Å². The lowest BCUT2D eigenvalue weighted by molar-refractivity contribution is -0.127. The summed E-state index contributed by atoms with van der Waals surface area (Å²) in [5.74, 6) is -0.185. The zero-order valence-corrected chi connectivity index (χ0v) is 11.9. The van der Waals surface area contributed by atoms with Gasteiger partial charge in [-0.15, -0.1) is 11.3 Å². The average molecular weight is 279 g/mol. The molecule has 104 valence electrons. The minimum Gasteiger partial charge on any atom is -0.368 e. The number of amides is 1. The van der Waals surface area contributed by atoms with Crippen molar-refractivity contribution in [1.82, 2.24) is 10.2 Å². The van der Waals surface area contributed by atoms with Crippen LogP contribution < -0.4 is 11.1 Å². The molecule has 2 unspecified atom stereocenters. The monoisotopic (exact) mass is 279 g/mol. The Morgan fingerprint density at radius 3 is 3.21 bits per heavy atom. The van der Waals surface area contributed by atoms with Gasteiger partial charge in [0.25, 0.3) is 0 Å². The number of piperidine rings is 1. The van der Waals surface area contributed by atoms with Gasteiger partial charge in [0, 0.05) is 24.0 Å². The van der Waals surface area contributed by atoms with E-state index in [1.807, 2.05) is 6.07 Å². The second kappa shape index (κ2) is 5.23. The van der Waals surface area contributed by atoms with E-state index in [1.165, 1.54) is 24.3 Å². The Morgan fingerprint density at radius 1 is 1.58 bits per heavy atom. The van der Waals surface area contributed by atoms with Crippen LogP contribution in [0.5, 0.6) is 0 Å². The molecule has 0 radical (unpaired) electrons. The van der Waals surface area contributed by atoms with Gasteiger partial charge in [-0.05, 0) is 43.7 Å². The number of nitrogens with zero attached hydrogens (tertiary/aromatic N) is 1. The van der Waals surface area contributed by atoms with E-state index in [2.05, 4.69) is 21.7 Å². The molecule has 19 heavy (non-hydrogen) atoms. The molecule has 5 heteroatoms. The Labute approximate surface area is 118 Å². The van der Waals surface area contributed by atoms with Gasteiger partial charge in [-0.3, -0.25) is 10.1 Å². The largest absolute Gasteiger partial charge is 0.368 e. The highest BCUT2D eigenvalue weighted by Gasteiger charge is 2.45. The number of primary amides is 1. The van der Waals surface area contributed by atoms with E-state index in [-0.39, 0.29) is 5.91 Å². The van der Waals surface area contributed by atoms with E-state index < -0.39 is 5.54 Å². The lowest BCUT2D eigenvalue weighted by atomic mass is 9.82. The minimum absolute atomic E-state index is 0.185. The molecule has 2 aliphatic heterocycles. The van der Waals surface area contributed by atoms with Crippen LogP contribution in [0.15, 0.2) is 17.5 Å². The van der Waals surface area contributed by atoms with Crippen molar-refractivity contribution in [1.29, 1.82) is 0 Å². The van der Waals surface area contributed by atoms with Crippen LogP contribution in [0.25, 0.3) is 0 Å². The van der Waals surface area contributed by atoms with Gasteiger partial charge in [-0.25, -0.2) is 0 Å². The summed E-state index contributed by atoms with van der Waals surface area (Å²) < 4.78 is 0. The summed E-state index contributed by atoms with van der Waals surface area (Å²) in [7, 11) is 0. The van der Waals surface area contributed by atoms with Crippen molar-refractivity contribution in [3.05, 3.63) is 22.4 Å².